The van der Waals surface area contributed by atoms with Gasteiger partial charge in [-0.2, -0.15) is 5.10 Å². The molecule has 3 heterocycles. The fraction of sp³-hybridized carbons (Fsp3) is 0.304. The standard InChI is InChI=1S/C23H25N7O2/c1-3-30-20(15-4-5-15)12-21(28-30)27-23(31)29-9-8-16-10-18(6-7-19(16)29)32-22-11-17(13-24-2)25-14-26-22/h6-12,14-15,24H,3-5,13H2,1-2H3,(H,27,28,31). The van der Waals surface area contributed by atoms with Crippen LogP contribution in [0.3, 0.4) is 0 Å². The van der Waals surface area contributed by atoms with E-state index >= 15 is 0 Å². The number of carbonyl (C=O) groups is 1. The van der Waals surface area contributed by atoms with Crippen molar-refractivity contribution in [2.24, 2.45) is 0 Å². The largest absolute Gasteiger partial charge is 0.439 e. The first-order chi connectivity index (χ1) is 15.6. The first-order valence-electron chi connectivity index (χ1n) is 10.8. The number of amides is 1. The third kappa shape index (κ3) is 4.06. The van der Waals surface area contributed by atoms with Crippen molar-refractivity contribution in [2.75, 3.05) is 12.4 Å². The molecular weight excluding hydrogens is 406 g/mol. The van der Waals surface area contributed by atoms with Gasteiger partial charge in [-0.15, -0.1) is 0 Å². The van der Waals surface area contributed by atoms with E-state index in [2.05, 4.69) is 32.6 Å². The van der Waals surface area contributed by atoms with Crippen LogP contribution in [0.1, 0.15) is 37.1 Å². The van der Waals surface area contributed by atoms with E-state index < -0.39 is 0 Å². The summed E-state index contributed by atoms with van der Waals surface area (Å²) in [5, 5.41) is 11.4. The number of nitrogens with one attached hydrogen (secondary N) is 2. The fourth-order valence-electron chi connectivity index (χ4n) is 3.82. The van der Waals surface area contributed by atoms with Crippen molar-refractivity contribution < 1.29 is 9.53 Å². The molecule has 0 unspecified atom stereocenters. The Labute approximate surface area is 185 Å². The topological polar surface area (TPSA) is 98.9 Å². The van der Waals surface area contributed by atoms with Gasteiger partial charge < -0.3 is 10.1 Å². The van der Waals surface area contributed by atoms with E-state index in [1.54, 1.807) is 16.8 Å². The SMILES string of the molecule is CCn1nc(NC(=O)n2ccc3cc(Oc4cc(CNC)ncn4)ccc32)cc1C1CC1. The number of nitrogens with zero attached hydrogens (tertiary/aromatic N) is 5. The lowest BCUT2D eigenvalue weighted by Gasteiger charge is -2.08. The molecule has 0 aliphatic heterocycles. The minimum Gasteiger partial charge on any atom is -0.439 e. The number of aromatic nitrogens is 5. The zero-order valence-electron chi connectivity index (χ0n) is 18.1. The predicted octanol–water partition coefficient (Wildman–Crippen LogP) is 4.12. The van der Waals surface area contributed by atoms with Crippen molar-refractivity contribution in [3.8, 4) is 11.6 Å². The molecular formula is C23H25N7O2. The highest BCUT2D eigenvalue weighted by atomic mass is 16.5. The summed E-state index contributed by atoms with van der Waals surface area (Å²) in [6.45, 7) is 3.49. The molecule has 1 amide bonds. The van der Waals surface area contributed by atoms with Crippen LogP contribution >= 0.6 is 0 Å². The average Bonchev–Trinajstić information content (AvgIpc) is 3.42. The van der Waals surface area contributed by atoms with Gasteiger partial charge in [0.1, 0.15) is 12.1 Å². The molecule has 1 aliphatic carbocycles. The van der Waals surface area contributed by atoms with E-state index in [-0.39, 0.29) is 6.03 Å². The molecule has 0 radical (unpaired) electrons. The molecule has 9 nitrogen and oxygen atoms in total. The van der Waals surface area contributed by atoms with Crippen LogP contribution < -0.4 is 15.4 Å². The molecule has 0 bridgehead atoms. The number of anilines is 1. The molecule has 3 aromatic heterocycles. The van der Waals surface area contributed by atoms with Crippen LogP contribution in [0.15, 0.2) is 48.9 Å². The Morgan fingerprint density at radius 1 is 1.19 bits per heavy atom. The number of aryl methyl sites for hydroxylation is 1. The first kappa shape index (κ1) is 20.2. The van der Waals surface area contributed by atoms with E-state index in [1.165, 1.54) is 24.9 Å². The lowest BCUT2D eigenvalue weighted by Crippen LogP contribution is -2.18. The van der Waals surface area contributed by atoms with Gasteiger partial charge in [-0.25, -0.2) is 14.8 Å². The summed E-state index contributed by atoms with van der Waals surface area (Å²) in [5.41, 5.74) is 2.83. The second-order valence-electron chi connectivity index (χ2n) is 7.86. The Morgan fingerprint density at radius 3 is 2.84 bits per heavy atom. The summed E-state index contributed by atoms with van der Waals surface area (Å²) in [4.78, 5) is 21.3. The highest BCUT2D eigenvalue weighted by Gasteiger charge is 2.28. The van der Waals surface area contributed by atoms with Crippen LogP contribution in [0.5, 0.6) is 11.6 Å². The van der Waals surface area contributed by atoms with Crippen LogP contribution in [0.2, 0.25) is 0 Å². The molecule has 1 aromatic carbocycles. The predicted molar refractivity (Wildman–Crippen MR) is 121 cm³/mol. The van der Waals surface area contributed by atoms with Crippen LogP contribution in [-0.4, -0.2) is 37.4 Å². The Balaban J connectivity index is 1.33. The quantitative estimate of drug-likeness (QED) is 0.457. The van der Waals surface area contributed by atoms with Crippen molar-refractivity contribution in [2.45, 2.75) is 38.8 Å². The lowest BCUT2D eigenvalue weighted by atomic mass is 10.2. The van der Waals surface area contributed by atoms with Gasteiger partial charge in [-0.3, -0.25) is 14.6 Å². The molecule has 4 aromatic rings. The number of rotatable bonds is 7. The Bertz CT molecular complexity index is 1270. The Hall–Kier alpha value is -3.72. The molecule has 164 valence electrons. The van der Waals surface area contributed by atoms with Gasteiger partial charge in [0.05, 0.1) is 11.2 Å². The molecule has 1 fully saturated rings. The van der Waals surface area contributed by atoms with Crippen molar-refractivity contribution in [3.05, 3.63) is 60.3 Å². The van der Waals surface area contributed by atoms with Crippen molar-refractivity contribution in [1.29, 1.82) is 0 Å². The molecule has 1 saturated carbocycles. The molecule has 1 aliphatic rings. The van der Waals surface area contributed by atoms with Gasteiger partial charge in [0, 0.05) is 48.4 Å². The maximum absolute atomic E-state index is 12.9. The lowest BCUT2D eigenvalue weighted by molar-refractivity contribution is 0.254. The zero-order chi connectivity index (χ0) is 22.1. The minimum atomic E-state index is -0.246. The van der Waals surface area contributed by atoms with Gasteiger partial charge >= 0.3 is 6.03 Å². The summed E-state index contributed by atoms with van der Waals surface area (Å²) in [6, 6.07) is 11.0. The number of ether oxygens (including phenoxy) is 1. The molecule has 5 rings (SSSR count). The van der Waals surface area contributed by atoms with Gasteiger partial charge in [0.15, 0.2) is 5.82 Å². The van der Waals surface area contributed by atoms with Crippen LogP contribution in [0, 0.1) is 0 Å². The second kappa shape index (κ2) is 8.43. The summed E-state index contributed by atoms with van der Waals surface area (Å²) >= 11 is 0. The average molecular weight is 432 g/mol. The van der Waals surface area contributed by atoms with E-state index in [0.29, 0.717) is 29.9 Å². The molecule has 0 spiro atoms. The van der Waals surface area contributed by atoms with E-state index in [4.69, 9.17) is 4.74 Å². The third-order valence-electron chi connectivity index (χ3n) is 5.50. The van der Waals surface area contributed by atoms with Gasteiger partial charge in [0.25, 0.3) is 0 Å². The van der Waals surface area contributed by atoms with Crippen LogP contribution in [0.4, 0.5) is 10.6 Å². The Morgan fingerprint density at radius 2 is 2.06 bits per heavy atom. The minimum absolute atomic E-state index is 0.246. The number of carbonyl (C=O) groups excluding carboxylic acids is 1. The monoisotopic (exact) mass is 431 g/mol. The number of hydrogen-bond donors (Lipinski definition) is 2. The highest BCUT2D eigenvalue weighted by Crippen LogP contribution is 2.40. The molecule has 9 heteroatoms. The van der Waals surface area contributed by atoms with Crippen LogP contribution in [-0.2, 0) is 13.1 Å². The van der Waals surface area contributed by atoms with Gasteiger partial charge in [-0.1, -0.05) is 0 Å². The van der Waals surface area contributed by atoms with Crippen LogP contribution in [0.25, 0.3) is 10.9 Å². The van der Waals surface area contributed by atoms with E-state index in [0.717, 1.165) is 23.1 Å². The summed E-state index contributed by atoms with van der Waals surface area (Å²) in [7, 11) is 1.86. The van der Waals surface area contributed by atoms with Crippen molar-refractivity contribution in [3.63, 3.8) is 0 Å². The maximum Gasteiger partial charge on any atom is 0.331 e. The van der Waals surface area contributed by atoms with Crippen molar-refractivity contribution >= 4 is 22.8 Å². The molecule has 32 heavy (non-hydrogen) atoms. The summed E-state index contributed by atoms with van der Waals surface area (Å²) in [6.07, 6.45) is 5.61. The third-order valence-corrected chi connectivity index (χ3v) is 5.50. The molecule has 2 N–H and O–H groups in total. The normalized spacial score (nSPS) is 13.4. The maximum atomic E-state index is 12.9. The van der Waals surface area contributed by atoms with E-state index in [9.17, 15) is 4.79 Å². The highest BCUT2D eigenvalue weighted by molar-refractivity contribution is 5.98. The number of fused-ring (bicyclic) bond motifs is 1. The van der Waals surface area contributed by atoms with Gasteiger partial charge in [-0.05, 0) is 51.1 Å². The number of benzene rings is 1. The summed E-state index contributed by atoms with van der Waals surface area (Å²) < 4.78 is 9.45. The first-order valence-corrected chi connectivity index (χ1v) is 10.8. The fourth-order valence-corrected chi connectivity index (χ4v) is 3.82. The Kier molecular flexibility index (Phi) is 5.32. The smallest absolute Gasteiger partial charge is 0.331 e. The second-order valence-corrected chi connectivity index (χ2v) is 7.86. The summed E-state index contributed by atoms with van der Waals surface area (Å²) in [5.74, 6) is 2.27. The number of hydrogen-bond acceptors (Lipinski definition) is 6. The zero-order valence-corrected chi connectivity index (χ0v) is 18.1. The van der Waals surface area contributed by atoms with Crippen molar-refractivity contribution in [1.82, 2.24) is 29.6 Å². The molecule has 0 saturated heterocycles. The van der Waals surface area contributed by atoms with E-state index in [1.807, 2.05) is 42.1 Å². The molecule has 0 atom stereocenters. The van der Waals surface area contributed by atoms with Gasteiger partial charge in [0.2, 0.25) is 5.88 Å².